The fourth-order valence-corrected chi connectivity index (χ4v) is 1.86. The Labute approximate surface area is 81.1 Å². The molecule has 1 fully saturated rings. The molecule has 2 nitrogen and oxygen atoms in total. The molecule has 1 aliphatic carbocycles. The van der Waals surface area contributed by atoms with Crippen molar-refractivity contribution in [2.75, 3.05) is 13.1 Å². The van der Waals surface area contributed by atoms with Gasteiger partial charge in [0.25, 0.3) is 0 Å². The molecule has 1 atom stereocenters. The number of rotatable bonds is 4. The highest BCUT2D eigenvalue weighted by Crippen LogP contribution is 2.20. The lowest BCUT2D eigenvalue weighted by molar-refractivity contribution is -0.121. The van der Waals surface area contributed by atoms with Gasteiger partial charge in [0.2, 0.25) is 0 Å². The quantitative estimate of drug-likeness (QED) is 0.722. The van der Waals surface area contributed by atoms with Crippen LogP contribution < -0.4 is 5.32 Å². The van der Waals surface area contributed by atoms with Crippen LogP contribution in [0.2, 0.25) is 0 Å². The molecule has 1 rings (SSSR count). The number of ketones is 1. The van der Waals surface area contributed by atoms with Crippen LogP contribution in [-0.4, -0.2) is 18.9 Å². The SMILES string of the molecule is CC(C)CNCC1CCCC(=O)C1. The van der Waals surface area contributed by atoms with Crippen LogP contribution in [0.3, 0.4) is 0 Å². The van der Waals surface area contributed by atoms with E-state index in [1.807, 2.05) is 0 Å². The summed E-state index contributed by atoms with van der Waals surface area (Å²) in [5, 5.41) is 3.42. The van der Waals surface area contributed by atoms with E-state index in [4.69, 9.17) is 0 Å². The average molecular weight is 183 g/mol. The van der Waals surface area contributed by atoms with Crippen LogP contribution in [0.15, 0.2) is 0 Å². The Morgan fingerprint density at radius 1 is 1.54 bits per heavy atom. The first-order valence-electron chi connectivity index (χ1n) is 5.41. The van der Waals surface area contributed by atoms with Gasteiger partial charge >= 0.3 is 0 Å². The Bertz CT molecular complexity index is 165. The summed E-state index contributed by atoms with van der Waals surface area (Å²) in [6, 6.07) is 0. The molecule has 2 heteroatoms. The van der Waals surface area contributed by atoms with E-state index in [0.29, 0.717) is 17.6 Å². The fraction of sp³-hybridized carbons (Fsp3) is 0.909. The van der Waals surface area contributed by atoms with Crippen LogP contribution in [0, 0.1) is 11.8 Å². The molecule has 1 saturated carbocycles. The summed E-state index contributed by atoms with van der Waals surface area (Å²) in [6.07, 6.45) is 3.97. The van der Waals surface area contributed by atoms with Gasteiger partial charge in [-0.2, -0.15) is 0 Å². The van der Waals surface area contributed by atoms with E-state index in [1.54, 1.807) is 0 Å². The van der Waals surface area contributed by atoms with Gasteiger partial charge in [-0.25, -0.2) is 0 Å². The number of Topliss-reactive ketones (excluding diaryl/α,β-unsaturated/α-hetero) is 1. The first kappa shape index (κ1) is 10.7. The first-order valence-corrected chi connectivity index (χ1v) is 5.41. The van der Waals surface area contributed by atoms with Gasteiger partial charge in [0, 0.05) is 12.8 Å². The smallest absolute Gasteiger partial charge is 0.133 e. The largest absolute Gasteiger partial charge is 0.316 e. The summed E-state index contributed by atoms with van der Waals surface area (Å²) in [5.41, 5.74) is 0. The topological polar surface area (TPSA) is 29.1 Å². The van der Waals surface area contributed by atoms with Gasteiger partial charge in [-0.3, -0.25) is 4.79 Å². The summed E-state index contributed by atoms with van der Waals surface area (Å²) >= 11 is 0. The van der Waals surface area contributed by atoms with Crippen molar-refractivity contribution in [2.24, 2.45) is 11.8 Å². The van der Waals surface area contributed by atoms with E-state index < -0.39 is 0 Å². The summed E-state index contributed by atoms with van der Waals surface area (Å²) in [5.74, 6) is 1.78. The molecular formula is C11H21NO. The van der Waals surface area contributed by atoms with E-state index in [-0.39, 0.29) is 0 Å². The molecule has 0 spiro atoms. The minimum Gasteiger partial charge on any atom is -0.316 e. The highest BCUT2D eigenvalue weighted by atomic mass is 16.1. The summed E-state index contributed by atoms with van der Waals surface area (Å²) in [4.78, 5) is 11.1. The molecule has 1 unspecified atom stereocenters. The zero-order valence-corrected chi connectivity index (χ0v) is 8.81. The van der Waals surface area contributed by atoms with Crippen molar-refractivity contribution >= 4 is 5.78 Å². The van der Waals surface area contributed by atoms with Gasteiger partial charge < -0.3 is 5.32 Å². The number of hydrogen-bond donors (Lipinski definition) is 1. The van der Waals surface area contributed by atoms with Crippen molar-refractivity contribution < 1.29 is 4.79 Å². The van der Waals surface area contributed by atoms with Gasteiger partial charge in [-0.05, 0) is 37.8 Å². The van der Waals surface area contributed by atoms with Crippen LogP contribution in [0.4, 0.5) is 0 Å². The Morgan fingerprint density at radius 2 is 2.31 bits per heavy atom. The van der Waals surface area contributed by atoms with Crippen LogP contribution in [0.25, 0.3) is 0 Å². The second kappa shape index (κ2) is 5.38. The summed E-state index contributed by atoms with van der Waals surface area (Å²) in [6.45, 7) is 6.52. The molecule has 1 N–H and O–H groups in total. The van der Waals surface area contributed by atoms with Crippen molar-refractivity contribution in [3.05, 3.63) is 0 Å². The van der Waals surface area contributed by atoms with E-state index >= 15 is 0 Å². The molecule has 0 aromatic rings. The molecule has 1 aliphatic rings. The van der Waals surface area contributed by atoms with Crippen molar-refractivity contribution in [3.8, 4) is 0 Å². The van der Waals surface area contributed by atoms with E-state index in [1.165, 1.54) is 6.42 Å². The lowest BCUT2D eigenvalue weighted by Crippen LogP contribution is -2.29. The number of carbonyl (C=O) groups excluding carboxylic acids is 1. The highest BCUT2D eigenvalue weighted by Gasteiger charge is 2.18. The Kier molecular flexibility index (Phi) is 4.43. The van der Waals surface area contributed by atoms with Crippen LogP contribution >= 0.6 is 0 Å². The number of hydrogen-bond acceptors (Lipinski definition) is 2. The normalized spacial score (nSPS) is 23.9. The zero-order valence-electron chi connectivity index (χ0n) is 8.81. The maximum absolute atomic E-state index is 11.1. The van der Waals surface area contributed by atoms with E-state index in [2.05, 4.69) is 19.2 Å². The third-order valence-electron chi connectivity index (χ3n) is 2.57. The maximum Gasteiger partial charge on any atom is 0.133 e. The minimum atomic E-state index is 0.461. The molecule has 0 amide bonds. The fourth-order valence-electron chi connectivity index (χ4n) is 1.86. The standard InChI is InChI=1S/C11H21NO/c1-9(2)7-12-8-10-4-3-5-11(13)6-10/h9-10,12H,3-8H2,1-2H3. The third-order valence-corrected chi connectivity index (χ3v) is 2.57. The predicted octanol–water partition coefficient (Wildman–Crippen LogP) is 1.99. The Morgan fingerprint density at radius 3 is 2.92 bits per heavy atom. The molecular weight excluding hydrogens is 162 g/mol. The van der Waals surface area contributed by atoms with Crippen molar-refractivity contribution in [3.63, 3.8) is 0 Å². The van der Waals surface area contributed by atoms with Gasteiger partial charge in [-0.1, -0.05) is 13.8 Å². The molecule has 76 valence electrons. The molecule has 0 aromatic carbocycles. The molecule has 0 saturated heterocycles. The van der Waals surface area contributed by atoms with Gasteiger partial charge in [0.05, 0.1) is 0 Å². The van der Waals surface area contributed by atoms with Crippen LogP contribution in [-0.2, 0) is 4.79 Å². The van der Waals surface area contributed by atoms with Gasteiger partial charge in [0.1, 0.15) is 5.78 Å². The maximum atomic E-state index is 11.1. The van der Waals surface area contributed by atoms with Crippen molar-refractivity contribution in [2.45, 2.75) is 39.5 Å². The third kappa shape index (κ3) is 4.41. The van der Waals surface area contributed by atoms with E-state index in [9.17, 15) is 4.79 Å². The molecule has 13 heavy (non-hydrogen) atoms. The molecule has 0 bridgehead atoms. The zero-order chi connectivity index (χ0) is 9.68. The Hall–Kier alpha value is -0.370. The summed E-state index contributed by atoms with van der Waals surface area (Å²) in [7, 11) is 0. The lowest BCUT2D eigenvalue weighted by atomic mass is 9.88. The average Bonchev–Trinajstić information content (AvgIpc) is 2.03. The lowest BCUT2D eigenvalue weighted by Gasteiger charge is -2.21. The van der Waals surface area contributed by atoms with Crippen molar-refractivity contribution in [1.82, 2.24) is 5.32 Å². The van der Waals surface area contributed by atoms with E-state index in [0.717, 1.165) is 32.4 Å². The van der Waals surface area contributed by atoms with Crippen LogP contribution in [0.1, 0.15) is 39.5 Å². The van der Waals surface area contributed by atoms with Gasteiger partial charge in [0.15, 0.2) is 0 Å². The predicted molar refractivity (Wildman–Crippen MR) is 54.7 cm³/mol. The molecule has 0 heterocycles. The molecule has 0 aliphatic heterocycles. The first-order chi connectivity index (χ1) is 6.18. The monoisotopic (exact) mass is 183 g/mol. The highest BCUT2D eigenvalue weighted by molar-refractivity contribution is 5.79. The minimum absolute atomic E-state index is 0.461. The Balaban J connectivity index is 2.10. The molecule has 0 aromatic heterocycles. The second-order valence-corrected chi connectivity index (χ2v) is 4.55. The van der Waals surface area contributed by atoms with Crippen LogP contribution in [0.5, 0.6) is 0 Å². The summed E-state index contributed by atoms with van der Waals surface area (Å²) < 4.78 is 0. The van der Waals surface area contributed by atoms with Gasteiger partial charge in [-0.15, -0.1) is 0 Å². The number of carbonyl (C=O) groups is 1. The number of nitrogens with one attached hydrogen (secondary N) is 1. The second-order valence-electron chi connectivity index (χ2n) is 4.55. The molecule has 0 radical (unpaired) electrons. The van der Waals surface area contributed by atoms with Crippen molar-refractivity contribution in [1.29, 1.82) is 0 Å².